The molecule has 2 N–H and O–H groups in total. The first-order chi connectivity index (χ1) is 5.79. The fraction of sp³-hybridized carbons (Fsp3) is 0.333. The van der Waals surface area contributed by atoms with E-state index in [9.17, 15) is 0 Å². The van der Waals surface area contributed by atoms with Crippen LogP contribution < -0.4 is 10.5 Å². The SMILES string of the molecule is CCSc1cccc(OC)c1N. The Bertz CT molecular complexity index is 263. The molecule has 0 unspecified atom stereocenters. The van der Waals surface area contributed by atoms with Crippen LogP contribution in [0.4, 0.5) is 5.69 Å². The number of hydrogen-bond acceptors (Lipinski definition) is 3. The molecule has 3 heteroatoms. The molecule has 0 saturated carbocycles. The second kappa shape index (κ2) is 4.26. The summed E-state index contributed by atoms with van der Waals surface area (Å²) in [6.07, 6.45) is 0. The standard InChI is InChI=1S/C9H13NOS/c1-3-12-8-6-4-5-7(11-2)9(8)10/h4-6H,3,10H2,1-2H3. The summed E-state index contributed by atoms with van der Waals surface area (Å²) in [6, 6.07) is 5.83. The molecule has 0 atom stereocenters. The first kappa shape index (κ1) is 9.26. The van der Waals surface area contributed by atoms with E-state index in [4.69, 9.17) is 10.5 Å². The number of anilines is 1. The molecule has 0 spiro atoms. The van der Waals surface area contributed by atoms with Crippen LogP contribution in [0.2, 0.25) is 0 Å². The Labute approximate surface area is 77.1 Å². The van der Waals surface area contributed by atoms with Crippen LogP contribution in [0, 0.1) is 0 Å². The number of nitrogen functional groups attached to an aromatic ring is 1. The van der Waals surface area contributed by atoms with Gasteiger partial charge in [0.15, 0.2) is 0 Å². The van der Waals surface area contributed by atoms with Crippen LogP contribution in [0.1, 0.15) is 6.92 Å². The molecule has 1 aromatic carbocycles. The van der Waals surface area contributed by atoms with Crippen molar-refractivity contribution in [2.45, 2.75) is 11.8 Å². The molecule has 0 bridgehead atoms. The van der Waals surface area contributed by atoms with E-state index >= 15 is 0 Å². The van der Waals surface area contributed by atoms with Gasteiger partial charge in [0.2, 0.25) is 0 Å². The molecule has 0 aliphatic carbocycles. The van der Waals surface area contributed by atoms with Gasteiger partial charge in [0.05, 0.1) is 12.8 Å². The Morgan fingerprint density at radius 2 is 2.25 bits per heavy atom. The van der Waals surface area contributed by atoms with Gasteiger partial charge < -0.3 is 10.5 Å². The summed E-state index contributed by atoms with van der Waals surface area (Å²) >= 11 is 1.73. The summed E-state index contributed by atoms with van der Waals surface area (Å²) in [5.41, 5.74) is 6.58. The number of hydrogen-bond donors (Lipinski definition) is 1. The van der Waals surface area contributed by atoms with E-state index in [0.717, 1.165) is 22.1 Å². The summed E-state index contributed by atoms with van der Waals surface area (Å²) in [4.78, 5) is 1.09. The zero-order chi connectivity index (χ0) is 8.97. The highest BCUT2D eigenvalue weighted by Gasteiger charge is 2.03. The molecule has 2 nitrogen and oxygen atoms in total. The molecule has 0 aromatic heterocycles. The predicted octanol–water partition coefficient (Wildman–Crippen LogP) is 2.39. The van der Waals surface area contributed by atoms with Crippen LogP contribution in [0.25, 0.3) is 0 Å². The zero-order valence-electron chi connectivity index (χ0n) is 7.33. The molecule has 0 saturated heterocycles. The number of benzene rings is 1. The smallest absolute Gasteiger partial charge is 0.142 e. The fourth-order valence-corrected chi connectivity index (χ4v) is 1.73. The Hall–Kier alpha value is -0.830. The van der Waals surface area contributed by atoms with E-state index in [-0.39, 0.29) is 0 Å². The van der Waals surface area contributed by atoms with Crippen molar-refractivity contribution in [1.29, 1.82) is 0 Å². The number of ether oxygens (including phenoxy) is 1. The fourth-order valence-electron chi connectivity index (χ4n) is 0.983. The first-order valence-corrected chi connectivity index (χ1v) is 4.83. The predicted molar refractivity (Wildman–Crippen MR) is 53.8 cm³/mol. The topological polar surface area (TPSA) is 35.2 Å². The summed E-state index contributed by atoms with van der Waals surface area (Å²) in [7, 11) is 1.63. The van der Waals surface area contributed by atoms with Crippen molar-refractivity contribution < 1.29 is 4.74 Å². The lowest BCUT2D eigenvalue weighted by Crippen LogP contribution is -1.93. The minimum absolute atomic E-state index is 0.742. The van der Waals surface area contributed by atoms with Crippen molar-refractivity contribution in [2.24, 2.45) is 0 Å². The Balaban J connectivity index is 2.97. The van der Waals surface area contributed by atoms with Crippen molar-refractivity contribution in [3.05, 3.63) is 18.2 Å². The van der Waals surface area contributed by atoms with Gasteiger partial charge in [0.1, 0.15) is 5.75 Å². The van der Waals surface area contributed by atoms with E-state index in [1.165, 1.54) is 0 Å². The Morgan fingerprint density at radius 3 is 2.83 bits per heavy atom. The van der Waals surface area contributed by atoms with Gasteiger partial charge in [0, 0.05) is 4.90 Å². The lowest BCUT2D eigenvalue weighted by Gasteiger charge is -2.07. The van der Waals surface area contributed by atoms with Gasteiger partial charge in [-0.1, -0.05) is 13.0 Å². The molecule has 12 heavy (non-hydrogen) atoms. The lowest BCUT2D eigenvalue weighted by molar-refractivity contribution is 0.416. The van der Waals surface area contributed by atoms with Gasteiger partial charge >= 0.3 is 0 Å². The largest absolute Gasteiger partial charge is 0.495 e. The molecular formula is C9H13NOS. The average Bonchev–Trinajstić information content (AvgIpc) is 2.09. The number of nitrogens with two attached hydrogens (primary N) is 1. The summed E-state index contributed by atoms with van der Waals surface area (Å²) < 4.78 is 5.09. The number of para-hydroxylation sites is 1. The van der Waals surface area contributed by atoms with Crippen LogP contribution >= 0.6 is 11.8 Å². The van der Waals surface area contributed by atoms with E-state index in [2.05, 4.69) is 6.92 Å². The number of thioether (sulfide) groups is 1. The van der Waals surface area contributed by atoms with E-state index in [1.54, 1.807) is 18.9 Å². The molecule has 0 aliphatic heterocycles. The Morgan fingerprint density at radius 1 is 1.50 bits per heavy atom. The zero-order valence-corrected chi connectivity index (χ0v) is 8.15. The normalized spacial score (nSPS) is 9.83. The third-order valence-corrected chi connectivity index (χ3v) is 2.50. The van der Waals surface area contributed by atoms with E-state index in [0.29, 0.717) is 0 Å². The Kier molecular flexibility index (Phi) is 3.29. The van der Waals surface area contributed by atoms with Gasteiger partial charge in [-0.25, -0.2) is 0 Å². The molecule has 1 rings (SSSR count). The van der Waals surface area contributed by atoms with Crippen LogP contribution in [0.3, 0.4) is 0 Å². The summed E-state index contributed by atoms with van der Waals surface area (Å²) in [5.74, 6) is 1.78. The third-order valence-electron chi connectivity index (χ3n) is 1.55. The first-order valence-electron chi connectivity index (χ1n) is 3.84. The van der Waals surface area contributed by atoms with Crippen molar-refractivity contribution in [1.82, 2.24) is 0 Å². The highest BCUT2D eigenvalue weighted by molar-refractivity contribution is 7.99. The molecule has 1 aromatic rings. The van der Waals surface area contributed by atoms with Crippen LogP contribution in [0.15, 0.2) is 23.1 Å². The molecular weight excluding hydrogens is 170 g/mol. The number of rotatable bonds is 3. The molecule has 0 amide bonds. The van der Waals surface area contributed by atoms with Crippen molar-refractivity contribution in [3.63, 3.8) is 0 Å². The van der Waals surface area contributed by atoms with Gasteiger partial charge in [0.25, 0.3) is 0 Å². The molecule has 0 heterocycles. The number of methoxy groups -OCH3 is 1. The minimum atomic E-state index is 0.742. The second-order valence-corrected chi connectivity index (χ2v) is 3.61. The van der Waals surface area contributed by atoms with Crippen LogP contribution in [-0.2, 0) is 0 Å². The average molecular weight is 183 g/mol. The van der Waals surface area contributed by atoms with Gasteiger partial charge in [-0.05, 0) is 17.9 Å². The van der Waals surface area contributed by atoms with Crippen molar-refractivity contribution in [2.75, 3.05) is 18.6 Å². The van der Waals surface area contributed by atoms with Gasteiger partial charge in [-0.2, -0.15) is 0 Å². The van der Waals surface area contributed by atoms with Gasteiger partial charge in [-0.15, -0.1) is 11.8 Å². The molecule has 0 radical (unpaired) electrons. The monoisotopic (exact) mass is 183 g/mol. The minimum Gasteiger partial charge on any atom is -0.495 e. The molecule has 0 fully saturated rings. The molecule has 66 valence electrons. The quantitative estimate of drug-likeness (QED) is 0.577. The highest BCUT2D eigenvalue weighted by Crippen LogP contribution is 2.31. The van der Waals surface area contributed by atoms with Gasteiger partial charge in [-0.3, -0.25) is 0 Å². The summed E-state index contributed by atoms with van der Waals surface area (Å²) in [5, 5.41) is 0. The third kappa shape index (κ3) is 1.85. The highest BCUT2D eigenvalue weighted by atomic mass is 32.2. The van der Waals surface area contributed by atoms with Crippen molar-refractivity contribution in [3.8, 4) is 5.75 Å². The maximum Gasteiger partial charge on any atom is 0.142 e. The van der Waals surface area contributed by atoms with Crippen LogP contribution in [-0.4, -0.2) is 12.9 Å². The maximum atomic E-state index is 5.83. The lowest BCUT2D eigenvalue weighted by atomic mass is 10.3. The summed E-state index contributed by atoms with van der Waals surface area (Å²) in [6.45, 7) is 2.10. The molecule has 0 aliphatic rings. The maximum absolute atomic E-state index is 5.83. The van der Waals surface area contributed by atoms with Crippen LogP contribution in [0.5, 0.6) is 5.75 Å². The second-order valence-electron chi connectivity index (χ2n) is 2.31. The van der Waals surface area contributed by atoms with E-state index in [1.807, 2.05) is 18.2 Å². The van der Waals surface area contributed by atoms with Crippen molar-refractivity contribution >= 4 is 17.4 Å². The van der Waals surface area contributed by atoms with E-state index < -0.39 is 0 Å².